The number of nitrogens with one attached hydrogen (secondary N) is 1. The topological polar surface area (TPSA) is 58.6 Å². The number of para-hydroxylation sites is 1. The minimum atomic E-state index is -0.391. The molecular weight excluding hydrogens is 471 g/mol. The summed E-state index contributed by atoms with van der Waals surface area (Å²) in [6.07, 6.45) is 1.68. The summed E-state index contributed by atoms with van der Waals surface area (Å²) < 4.78 is 19.4. The van der Waals surface area contributed by atoms with E-state index in [1.807, 2.05) is 38.1 Å². The second-order valence-electron chi connectivity index (χ2n) is 7.74. The third-order valence-corrected chi connectivity index (χ3v) is 6.25. The van der Waals surface area contributed by atoms with Crippen molar-refractivity contribution in [2.45, 2.75) is 13.8 Å². The van der Waals surface area contributed by atoms with Gasteiger partial charge in [-0.2, -0.15) is 0 Å². The maximum atomic E-state index is 13.3. The number of amides is 2. The van der Waals surface area contributed by atoms with Crippen LogP contribution in [0.1, 0.15) is 16.7 Å². The van der Waals surface area contributed by atoms with Crippen LogP contribution < -0.4 is 15.0 Å². The molecule has 0 unspecified atom stereocenters. The number of carbonyl (C=O) groups is 2. The predicted molar refractivity (Wildman–Crippen MR) is 139 cm³/mol. The first kappa shape index (κ1) is 23.7. The van der Waals surface area contributed by atoms with Crippen LogP contribution in [0.3, 0.4) is 0 Å². The van der Waals surface area contributed by atoms with E-state index in [0.717, 1.165) is 22.9 Å². The average molecular weight is 493 g/mol. The quantitative estimate of drug-likeness (QED) is 0.345. The zero-order valence-corrected chi connectivity index (χ0v) is 20.1. The first-order valence-corrected chi connectivity index (χ1v) is 11.7. The molecule has 0 radical (unpaired) electrons. The number of nitrogens with zero attached hydrogens (tertiary/aromatic N) is 1. The molecule has 34 heavy (non-hydrogen) atoms. The highest BCUT2D eigenvalue weighted by Gasteiger charge is 2.33. The molecule has 1 aliphatic heterocycles. The third kappa shape index (κ3) is 5.52. The Morgan fingerprint density at radius 2 is 1.76 bits per heavy atom. The number of aryl methyl sites for hydroxylation is 2. The van der Waals surface area contributed by atoms with Gasteiger partial charge in [-0.1, -0.05) is 48.2 Å². The van der Waals surface area contributed by atoms with Crippen LogP contribution in [0.2, 0.25) is 0 Å². The number of benzene rings is 3. The Hall–Kier alpha value is -3.49. The molecule has 0 bridgehead atoms. The van der Waals surface area contributed by atoms with E-state index in [9.17, 15) is 14.0 Å². The lowest BCUT2D eigenvalue weighted by atomic mass is 10.1. The van der Waals surface area contributed by atoms with Crippen molar-refractivity contribution in [2.24, 2.45) is 0 Å². The van der Waals surface area contributed by atoms with Gasteiger partial charge in [-0.15, -0.1) is 0 Å². The van der Waals surface area contributed by atoms with E-state index in [1.54, 1.807) is 24.3 Å². The highest BCUT2D eigenvalue weighted by molar-refractivity contribution is 8.27. The van der Waals surface area contributed by atoms with E-state index in [2.05, 4.69) is 5.32 Å². The maximum Gasteiger partial charge on any atom is 0.270 e. The number of carbonyl (C=O) groups excluding carboxylic acids is 2. The van der Waals surface area contributed by atoms with E-state index >= 15 is 0 Å². The molecule has 1 N–H and O–H groups in total. The van der Waals surface area contributed by atoms with Gasteiger partial charge in [-0.05, 0) is 73.5 Å². The maximum absolute atomic E-state index is 13.3. The predicted octanol–water partition coefficient (Wildman–Crippen LogP) is 5.87. The van der Waals surface area contributed by atoms with Crippen LogP contribution in [0.5, 0.6) is 5.75 Å². The van der Waals surface area contributed by atoms with Crippen LogP contribution in [0.4, 0.5) is 15.8 Å². The number of rotatable bonds is 6. The number of anilines is 2. The van der Waals surface area contributed by atoms with Gasteiger partial charge < -0.3 is 10.1 Å². The van der Waals surface area contributed by atoms with Gasteiger partial charge in [0.2, 0.25) is 0 Å². The number of thiocarbonyl (C=S) groups is 1. The van der Waals surface area contributed by atoms with Crippen molar-refractivity contribution in [3.8, 4) is 5.75 Å². The molecule has 0 aromatic heterocycles. The average Bonchev–Trinajstić information content (AvgIpc) is 3.06. The van der Waals surface area contributed by atoms with Crippen molar-refractivity contribution < 1.29 is 18.7 Å². The van der Waals surface area contributed by atoms with E-state index in [4.69, 9.17) is 17.0 Å². The van der Waals surface area contributed by atoms with Crippen molar-refractivity contribution in [1.82, 2.24) is 0 Å². The summed E-state index contributed by atoms with van der Waals surface area (Å²) in [7, 11) is 0. The molecule has 0 aliphatic carbocycles. The molecule has 0 saturated carbocycles. The fraction of sp³-hybridized carbons (Fsp3) is 0.115. The molecule has 172 valence electrons. The van der Waals surface area contributed by atoms with Crippen LogP contribution in [-0.2, 0) is 9.59 Å². The molecule has 5 nitrogen and oxygen atoms in total. The van der Waals surface area contributed by atoms with Gasteiger partial charge in [0.15, 0.2) is 10.9 Å². The second kappa shape index (κ2) is 10.2. The molecule has 0 atom stereocenters. The summed E-state index contributed by atoms with van der Waals surface area (Å²) >= 11 is 6.53. The fourth-order valence-corrected chi connectivity index (χ4v) is 4.83. The lowest BCUT2D eigenvalue weighted by Crippen LogP contribution is -2.27. The van der Waals surface area contributed by atoms with Gasteiger partial charge in [0, 0.05) is 11.3 Å². The van der Waals surface area contributed by atoms with Crippen LogP contribution in [0.25, 0.3) is 6.08 Å². The lowest BCUT2D eigenvalue weighted by molar-refractivity contribution is -0.118. The molecule has 4 rings (SSSR count). The largest absolute Gasteiger partial charge is 0.483 e. The van der Waals surface area contributed by atoms with Crippen LogP contribution in [0, 0.1) is 19.7 Å². The third-order valence-electron chi connectivity index (χ3n) is 4.95. The van der Waals surface area contributed by atoms with Crippen molar-refractivity contribution >= 4 is 57.6 Å². The minimum Gasteiger partial charge on any atom is -0.483 e. The molecule has 2 amide bonds. The minimum absolute atomic E-state index is 0.186. The van der Waals surface area contributed by atoms with Crippen molar-refractivity contribution in [3.05, 3.63) is 94.1 Å². The molecule has 8 heteroatoms. The zero-order valence-electron chi connectivity index (χ0n) is 18.5. The van der Waals surface area contributed by atoms with Crippen LogP contribution in [0.15, 0.2) is 71.6 Å². The van der Waals surface area contributed by atoms with E-state index in [1.165, 1.54) is 29.2 Å². The number of hydrogen-bond acceptors (Lipinski definition) is 5. The Kier molecular flexibility index (Phi) is 7.09. The number of halogens is 1. The molecule has 3 aromatic rings. The smallest absolute Gasteiger partial charge is 0.270 e. The summed E-state index contributed by atoms with van der Waals surface area (Å²) in [5, 5.41) is 2.84. The Bertz CT molecular complexity index is 1290. The van der Waals surface area contributed by atoms with E-state index < -0.39 is 5.82 Å². The van der Waals surface area contributed by atoms with Crippen LogP contribution >= 0.6 is 24.0 Å². The number of thioether (sulfide) groups is 1. The van der Waals surface area contributed by atoms with Crippen LogP contribution in [-0.4, -0.2) is 22.7 Å². The SMILES string of the molecule is Cc1cc(C)cc(NC(=O)COc2ccccc2/C=C2\SC(=S)N(c3ccc(F)cc3)C2=O)c1. The molecule has 1 heterocycles. The number of hydrogen-bond donors (Lipinski definition) is 1. The Morgan fingerprint density at radius 1 is 1.09 bits per heavy atom. The molecule has 0 spiro atoms. The highest BCUT2D eigenvalue weighted by atomic mass is 32.2. The highest BCUT2D eigenvalue weighted by Crippen LogP contribution is 2.37. The van der Waals surface area contributed by atoms with E-state index in [0.29, 0.717) is 31.9 Å². The summed E-state index contributed by atoms with van der Waals surface area (Å²) in [5.74, 6) is -0.520. The molecule has 1 saturated heterocycles. The summed E-state index contributed by atoms with van der Waals surface area (Å²) in [5.41, 5.74) is 3.96. The fourth-order valence-electron chi connectivity index (χ4n) is 3.54. The summed E-state index contributed by atoms with van der Waals surface area (Å²) in [6, 6.07) is 18.5. The first-order valence-electron chi connectivity index (χ1n) is 10.4. The van der Waals surface area contributed by atoms with Gasteiger partial charge in [0.1, 0.15) is 11.6 Å². The second-order valence-corrected chi connectivity index (χ2v) is 9.42. The van der Waals surface area contributed by atoms with Gasteiger partial charge in [0.05, 0.1) is 10.6 Å². The molecular formula is C26H21FN2O3S2. The van der Waals surface area contributed by atoms with Gasteiger partial charge in [0.25, 0.3) is 11.8 Å². The number of ether oxygens (including phenoxy) is 1. The summed E-state index contributed by atoms with van der Waals surface area (Å²) in [4.78, 5) is 27.2. The summed E-state index contributed by atoms with van der Waals surface area (Å²) in [6.45, 7) is 3.75. The molecule has 1 aliphatic rings. The van der Waals surface area contributed by atoms with Gasteiger partial charge >= 0.3 is 0 Å². The van der Waals surface area contributed by atoms with Crippen molar-refractivity contribution in [2.75, 3.05) is 16.8 Å². The Morgan fingerprint density at radius 3 is 2.47 bits per heavy atom. The lowest BCUT2D eigenvalue weighted by Gasteiger charge is -2.14. The Labute approximate surface area is 206 Å². The zero-order chi connectivity index (χ0) is 24.2. The Balaban J connectivity index is 1.48. The molecule has 1 fully saturated rings. The normalized spacial score (nSPS) is 14.6. The van der Waals surface area contributed by atoms with E-state index in [-0.39, 0.29) is 18.4 Å². The monoisotopic (exact) mass is 492 g/mol. The van der Waals surface area contributed by atoms with Gasteiger partial charge in [-0.25, -0.2) is 4.39 Å². The van der Waals surface area contributed by atoms with Crippen molar-refractivity contribution in [1.29, 1.82) is 0 Å². The van der Waals surface area contributed by atoms with Crippen molar-refractivity contribution in [3.63, 3.8) is 0 Å². The first-order chi connectivity index (χ1) is 16.3. The molecule has 3 aromatic carbocycles. The van der Waals surface area contributed by atoms with Gasteiger partial charge in [-0.3, -0.25) is 14.5 Å². The standard InChI is InChI=1S/C26H21FN2O3S2/c1-16-11-17(2)13-20(12-16)28-24(30)15-32-22-6-4-3-5-18(22)14-23-25(31)29(26(33)34-23)21-9-7-19(27)8-10-21/h3-14H,15H2,1-2H3,(H,28,30)/b23-14-.